The highest BCUT2D eigenvalue weighted by Gasteiger charge is 2.19. The average Bonchev–Trinajstić information content (AvgIpc) is 2.84. The van der Waals surface area contributed by atoms with Gasteiger partial charge in [0.2, 0.25) is 0 Å². The lowest BCUT2D eigenvalue weighted by molar-refractivity contribution is 0.206. The lowest BCUT2D eigenvalue weighted by atomic mass is 10.2. The Morgan fingerprint density at radius 2 is 0.694 bits per heavy atom. The Balaban J connectivity index is 1.52. The minimum Gasteiger partial charge on any atom is -0.295 e. The van der Waals surface area contributed by atoms with Crippen molar-refractivity contribution in [3.63, 3.8) is 0 Å². The molecule has 0 bridgehead atoms. The third kappa shape index (κ3) is 7.92. The van der Waals surface area contributed by atoms with E-state index in [2.05, 4.69) is 92.6 Å². The maximum atomic E-state index is 4.83. The van der Waals surface area contributed by atoms with E-state index < -0.39 is 0 Å². The second-order valence-corrected chi connectivity index (χ2v) is 10.7. The highest BCUT2D eigenvalue weighted by atomic mass is 15.3. The zero-order chi connectivity index (χ0) is 25.7. The van der Waals surface area contributed by atoms with Gasteiger partial charge in [0.1, 0.15) is 0 Å². The minimum absolute atomic E-state index is 0.883. The summed E-state index contributed by atoms with van der Waals surface area (Å²) in [6.07, 6.45) is 0. The van der Waals surface area contributed by atoms with Gasteiger partial charge in [-0.1, -0.05) is 0 Å². The van der Waals surface area contributed by atoms with E-state index in [1.165, 1.54) is 16.7 Å². The van der Waals surface area contributed by atoms with Gasteiger partial charge in [0.05, 0.1) is 17.1 Å². The molecule has 0 radical (unpaired) electrons. The fourth-order valence-corrected chi connectivity index (χ4v) is 5.36. The second kappa shape index (κ2) is 12.0. The minimum atomic E-state index is 0.883. The summed E-state index contributed by atoms with van der Waals surface area (Å²) in [6.45, 7) is 21.5. The van der Waals surface area contributed by atoms with Crippen LogP contribution in [0.5, 0.6) is 0 Å². The van der Waals surface area contributed by atoms with E-state index in [1.54, 1.807) is 0 Å². The van der Waals surface area contributed by atoms with E-state index >= 15 is 0 Å². The maximum absolute atomic E-state index is 4.83. The summed E-state index contributed by atoms with van der Waals surface area (Å²) in [7, 11) is 0. The Labute approximate surface area is 217 Å². The molecule has 1 fully saturated rings. The molecule has 6 heteroatoms. The van der Waals surface area contributed by atoms with Crippen molar-refractivity contribution in [3.05, 3.63) is 87.3 Å². The molecule has 4 heterocycles. The molecule has 0 aromatic carbocycles. The van der Waals surface area contributed by atoms with Crippen molar-refractivity contribution in [3.8, 4) is 0 Å². The Morgan fingerprint density at radius 3 is 0.917 bits per heavy atom. The van der Waals surface area contributed by atoms with E-state index in [4.69, 9.17) is 15.0 Å². The molecule has 0 saturated carbocycles. The standard InChI is InChI=1S/C30H42N6/c1-22-13-25(4)31-28(16-22)19-34-7-9-35(20-29-17-23(2)14-26(5)32-29)11-12-36(10-8-34)21-30-18-24(3)15-27(6)33-30/h13-18H,7-12,19-21H2,1-6H3. The topological polar surface area (TPSA) is 48.4 Å². The number of pyridine rings is 3. The van der Waals surface area contributed by atoms with Crippen molar-refractivity contribution in [2.24, 2.45) is 0 Å². The first-order valence-electron chi connectivity index (χ1n) is 13.2. The van der Waals surface area contributed by atoms with Gasteiger partial charge in [0, 0.05) is 76.0 Å². The zero-order valence-corrected chi connectivity index (χ0v) is 23.0. The van der Waals surface area contributed by atoms with Crippen LogP contribution >= 0.6 is 0 Å². The van der Waals surface area contributed by atoms with Crippen LogP contribution in [0.25, 0.3) is 0 Å². The van der Waals surface area contributed by atoms with E-state index in [-0.39, 0.29) is 0 Å². The summed E-state index contributed by atoms with van der Waals surface area (Å²) in [5.41, 5.74) is 10.6. The monoisotopic (exact) mass is 486 g/mol. The van der Waals surface area contributed by atoms with Gasteiger partial charge >= 0.3 is 0 Å². The van der Waals surface area contributed by atoms with Crippen molar-refractivity contribution in [2.75, 3.05) is 39.3 Å². The summed E-state index contributed by atoms with van der Waals surface area (Å²) in [4.78, 5) is 22.2. The predicted molar refractivity (Wildman–Crippen MR) is 147 cm³/mol. The molecule has 0 N–H and O–H groups in total. The molecular weight excluding hydrogens is 444 g/mol. The number of hydrogen-bond donors (Lipinski definition) is 0. The molecule has 1 aliphatic heterocycles. The molecule has 4 rings (SSSR count). The van der Waals surface area contributed by atoms with Crippen LogP contribution in [0.1, 0.15) is 50.9 Å². The summed E-state index contributed by atoms with van der Waals surface area (Å²) in [5.74, 6) is 0. The number of nitrogens with zero attached hydrogens (tertiary/aromatic N) is 6. The SMILES string of the molecule is Cc1cc(C)nc(CN2CCN(Cc3cc(C)cc(C)n3)CCN(Cc3cc(C)cc(C)n3)CC2)c1. The van der Waals surface area contributed by atoms with Gasteiger partial charge in [-0.25, -0.2) is 0 Å². The average molecular weight is 487 g/mol. The molecule has 1 saturated heterocycles. The first-order chi connectivity index (χ1) is 17.2. The number of aryl methyl sites for hydroxylation is 6. The quantitative estimate of drug-likeness (QED) is 0.510. The molecule has 0 amide bonds. The highest BCUT2D eigenvalue weighted by molar-refractivity contribution is 5.21. The predicted octanol–water partition coefficient (Wildman–Crippen LogP) is 4.54. The fraction of sp³-hybridized carbons (Fsp3) is 0.500. The van der Waals surface area contributed by atoms with Crippen LogP contribution in [0.15, 0.2) is 36.4 Å². The van der Waals surface area contributed by atoms with Crippen molar-refractivity contribution in [1.82, 2.24) is 29.7 Å². The largest absolute Gasteiger partial charge is 0.295 e. The zero-order valence-electron chi connectivity index (χ0n) is 23.0. The van der Waals surface area contributed by atoms with Crippen molar-refractivity contribution in [2.45, 2.75) is 61.2 Å². The van der Waals surface area contributed by atoms with Crippen molar-refractivity contribution < 1.29 is 0 Å². The second-order valence-electron chi connectivity index (χ2n) is 10.7. The Kier molecular flexibility index (Phi) is 8.83. The van der Waals surface area contributed by atoms with Crippen LogP contribution in [0.2, 0.25) is 0 Å². The molecule has 6 nitrogen and oxygen atoms in total. The van der Waals surface area contributed by atoms with Crippen LogP contribution in [0, 0.1) is 41.5 Å². The Morgan fingerprint density at radius 1 is 0.444 bits per heavy atom. The summed E-state index contributed by atoms with van der Waals surface area (Å²) in [6, 6.07) is 13.1. The highest BCUT2D eigenvalue weighted by Crippen LogP contribution is 2.14. The smallest absolute Gasteiger partial charge is 0.0549 e. The third-order valence-corrected chi connectivity index (χ3v) is 6.81. The molecule has 0 atom stereocenters. The van der Waals surface area contributed by atoms with Crippen LogP contribution in [0.3, 0.4) is 0 Å². The van der Waals surface area contributed by atoms with Crippen molar-refractivity contribution >= 4 is 0 Å². The van der Waals surface area contributed by atoms with Gasteiger partial charge in [-0.2, -0.15) is 0 Å². The lowest BCUT2D eigenvalue weighted by Gasteiger charge is -2.25. The first-order valence-corrected chi connectivity index (χ1v) is 13.2. The van der Waals surface area contributed by atoms with E-state index in [9.17, 15) is 0 Å². The molecule has 0 unspecified atom stereocenters. The van der Waals surface area contributed by atoms with Crippen LogP contribution in [-0.4, -0.2) is 68.9 Å². The molecule has 0 spiro atoms. The van der Waals surface area contributed by atoms with Gasteiger partial charge in [-0.3, -0.25) is 29.7 Å². The lowest BCUT2D eigenvalue weighted by Crippen LogP contribution is -2.35. The Bertz CT molecular complexity index is 955. The summed E-state index contributed by atoms with van der Waals surface area (Å²) < 4.78 is 0. The van der Waals surface area contributed by atoms with E-state index in [1.807, 2.05) is 0 Å². The van der Waals surface area contributed by atoms with Crippen LogP contribution in [-0.2, 0) is 19.6 Å². The number of hydrogen-bond acceptors (Lipinski definition) is 6. The third-order valence-electron chi connectivity index (χ3n) is 6.81. The number of aromatic nitrogens is 3. The Hall–Kier alpha value is -2.67. The van der Waals surface area contributed by atoms with Gasteiger partial charge in [-0.15, -0.1) is 0 Å². The van der Waals surface area contributed by atoms with E-state index in [0.717, 1.165) is 93.1 Å². The van der Waals surface area contributed by atoms with Gasteiger partial charge in [0.15, 0.2) is 0 Å². The molecule has 192 valence electrons. The summed E-state index contributed by atoms with van der Waals surface area (Å²) in [5, 5.41) is 0. The van der Waals surface area contributed by atoms with E-state index in [0.29, 0.717) is 0 Å². The fourth-order valence-electron chi connectivity index (χ4n) is 5.36. The first kappa shape index (κ1) is 26.4. The molecule has 3 aromatic rings. The maximum Gasteiger partial charge on any atom is 0.0549 e. The molecular formula is C30H42N6. The van der Waals surface area contributed by atoms with Gasteiger partial charge in [0.25, 0.3) is 0 Å². The molecule has 36 heavy (non-hydrogen) atoms. The number of rotatable bonds is 6. The summed E-state index contributed by atoms with van der Waals surface area (Å²) >= 11 is 0. The molecule has 1 aliphatic rings. The molecule has 3 aromatic heterocycles. The van der Waals surface area contributed by atoms with Gasteiger partial charge < -0.3 is 0 Å². The van der Waals surface area contributed by atoms with Gasteiger partial charge in [-0.05, 0) is 94.6 Å². The normalized spacial score (nSPS) is 16.5. The van der Waals surface area contributed by atoms with Crippen LogP contribution < -0.4 is 0 Å². The van der Waals surface area contributed by atoms with Crippen molar-refractivity contribution in [1.29, 1.82) is 0 Å². The molecule has 0 aliphatic carbocycles. The van der Waals surface area contributed by atoms with Crippen LogP contribution in [0.4, 0.5) is 0 Å².